The van der Waals surface area contributed by atoms with E-state index in [-0.39, 0.29) is 5.92 Å². The molecule has 2 aliphatic rings. The van der Waals surface area contributed by atoms with Crippen molar-refractivity contribution in [2.24, 2.45) is 16.8 Å². The van der Waals surface area contributed by atoms with Gasteiger partial charge in [0.25, 0.3) is 0 Å². The van der Waals surface area contributed by atoms with Crippen molar-refractivity contribution in [2.45, 2.75) is 44.1 Å². The Labute approximate surface area is 126 Å². The summed E-state index contributed by atoms with van der Waals surface area (Å²) in [6.07, 6.45) is 6.72. The van der Waals surface area contributed by atoms with E-state index in [0.29, 0.717) is 11.9 Å². The molecule has 3 atom stereocenters. The van der Waals surface area contributed by atoms with Gasteiger partial charge < -0.3 is 10.9 Å². The van der Waals surface area contributed by atoms with E-state index in [9.17, 15) is 0 Å². The third-order valence-electron chi connectivity index (χ3n) is 5.22. The number of amidine groups is 1. The minimum absolute atomic E-state index is 0.0168. The first kappa shape index (κ1) is 14.4. The van der Waals surface area contributed by atoms with Crippen molar-refractivity contribution < 1.29 is 5.21 Å². The second kappa shape index (κ2) is 6.48. The predicted octanol–water partition coefficient (Wildman–Crippen LogP) is 2.78. The number of rotatable bonds is 4. The molecule has 3 N–H and O–H groups in total. The molecule has 1 aliphatic heterocycles. The largest absolute Gasteiger partial charge is 0.409 e. The standard InChI is InChI=1S/C17H25N3O/c18-17(19-21)15(13-6-2-1-3-7-13)12-20-11-10-14-8-4-5-9-16(14)20/h1-3,6-7,14-16,21H,4-5,8-12H2,(H2,18,19). The maximum absolute atomic E-state index is 9.12. The van der Waals surface area contributed by atoms with Crippen molar-refractivity contribution in [3.05, 3.63) is 35.9 Å². The van der Waals surface area contributed by atoms with Gasteiger partial charge in [0, 0.05) is 12.6 Å². The fourth-order valence-corrected chi connectivity index (χ4v) is 4.09. The van der Waals surface area contributed by atoms with Crippen LogP contribution in [0.4, 0.5) is 0 Å². The molecule has 4 nitrogen and oxygen atoms in total. The first-order valence-corrected chi connectivity index (χ1v) is 8.06. The average Bonchev–Trinajstić information content (AvgIpc) is 2.96. The summed E-state index contributed by atoms with van der Waals surface area (Å²) in [5.74, 6) is 1.17. The quantitative estimate of drug-likeness (QED) is 0.387. The molecule has 0 radical (unpaired) electrons. The molecule has 4 heteroatoms. The molecule has 1 saturated heterocycles. The van der Waals surface area contributed by atoms with Gasteiger partial charge in [0.1, 0.15) is 5.84 Å². The Balaban J connectivity index is 1.76. The van der Waals surface area contributed by atoms with Crippen LogP contribution < -0.4 is 5.73 Å². The summed E-state index contributed by atoms with van der Waals surface area (Å²) < 4.78 is 0. The third kappa shape index (κ3) is 3.05. The molecule has 21 heavy (non-hydrogen) atoms. The molecular formula is C17H25N3O. The van der Waals surface area contributed by atoms with E-state index in [4.69, 9.17) is 10.9 Å². The summed E-state index contributed by atoms with van der Waals surface area (Å²) in [5, 5.41) is 12.4. The molecule has 114 valence electrons. The highest BCUT2D eigenvalue weighted by Gasteiger charge is 2.37. The Bertz CT molecular complexity index is 488. The van der Waals surface area contributed by atoms with Crippen molar-refractivity contribution in [1.29, 1.82) is 0 Å². The van der Waals surface area contributed by atoms with E-state index < -0.39 is 0 Å². The normalized spacial score (nSPS) is 28.3. The van der Waals surface area contributed by atoms with Gasteiger partial charge in [0.05, 0.1) is 5.92 Å². The monoisotopic (exact) mass is 287 g/mol. The van der Waals surface area contributed by atoms with E-state index in [1.165, 1.54) is 32.1 Å². The lowest BCUT2D eigenvalue weighted by Gasteiger charge is -2.33. The molecule has 0 amide bonds. The molecule has 1 aliphatic carbocycles. The second-order valence-electron chi connectivity index (χ2n) is 6.38. The van der Waals surface area contributed by atoms with Crippen LogP contribution in [0.1, 0.15) is 43.6 Å². The first-order chi connectivity index (χ1) is 10.3. The van der Waals surface area contributed by atoms with E-state index >= 15 is 0 Å². The van der Waals surface area contributed by atoms with Crippen LogP contribution in [-0.4, -0.2) is 35.1 Å². The minimum atomic E-state index is -0.0168. The number of fused-ring (bicyclic) bond motifs is 1. The van der Waals surface area contributed by atoms with Gasteiger partial charge in [-0.05, 0) is 37.3 Å². The molecule has 1 heterocycles. The Morgan fingerprint density at radius 1 is 1.24 bits per heavy atom. The summed E-state index contributed by atoms with van der Waals surface area (Å²) in [6, 6.07) is 10.9. The Morgan fingerprint density at radius 2 is 2.00 bits per heavy atom. The fraction of sp³-hybridized carbons (Fsp3) is 0.588. The maximum Gasteiger partial charge on any atom is 0.147 e. The Hall–Kier alpha value is -1.55. The van der Waals surface area contributed by atoms with Crippen LogP contribution in [0.15, 0.2) is 35.5 Å². The van der Waals surface area contributed by atoms with Crippen LogP contribution >= 0.6 is 0 Å². The molecule has 3 rings (SSSR count). The Kier molecular flexibility index (Phi) is 4.44. The zero-order chi connectivity index (χ0) is 14.7. The van der Waals surface area contributed by atoms with Crippen LogP contribution in [0.5, 0.6) is 0 Å². The highest BCUT2D eigenvalue weighted by Crippen LogP contribution is 2.37. The highest BCUT2D eigenvalue weighted by atomic mass is 16.4. The van der Waals surface area contributed by atoms with E-state index in [0.717, 1.165) is 24.6 Å². The molecule has 0 spiro atoms. The fourth-order valence-electron chi connectivity index (χ4n) is 4.09. The van der Waals surface area contributed by atoms with E-state index in [2.05, 4.69) is 22.2 Å². The number of benzene rings is 1. The molecule has 0 bridgehead atoms. The molecule has 0 aromatic heterocycles. The summed E-state index contributed by atoms with van der Waals surface area (Å²) in [7, 11) is 0. The van der Waals surface area contributed by atoms with Gasteiger partial charge in [-0.3, -0.25) is 4.90 Å². The SMILES string of the molecule is N/C(=N/O)C(CN1CCC2CCCCC21)c1ccccc1. The van der Waals surface area contributed by atoms with Crippen molar-refractivity contribution in [3.63, 3.8) is 0 Å². The van der Waals surface area contributed by atoms with Crippen molar-refractivity contribution in [1.82, 2.24) is 4.90 Å². The predicted molar refractivity (Wildman–Crippen MR) is 84.5 cm³/mol. The number of hydrogen-bond acceptors (Lipinski definition) is 3. The van der Waals surface area contributed by atoms with Gasteiger partial charge in [0.15, 0.2) is 0 Å². The van der Waals surface area contributed by atoms with E-state index in [1.54, 1.807) is 0 Å². The molecule has 3 unspecified atom stereocenters. The summed E-state index contributed by atoms with van der Waals surface area (Å²) in [6.45, 7) is 2.01. The van der Waals surface area contributed by atoms with Gasteiger partial charge >= 0.3 is 0 Å². The van der Waals surface area contributed by atoms with Gasteiger partial charge in [-0.1, -0.05) is 48.3 Å². The van der Waals surface area contributed by atoms with Gasteiger partial charge in [-0.15, -0.1) is 0 Å². The molecule has 1 aromatic rings. The van der Waals surface area contributed by atoms with Crippen LogP contribution in [0.2, 0.25) is 0 Å². The molecule has 2 fully saturated rings. The summed E-state index contributed by atoms with van der Waals surface area (Å²) >= 11 is 0. The zero-order valence-corrected chi connectivity index (χ0v) is 12.5. The van der Waals surface area contributed by atoms with Crippen molar-refractivity contribution in [2.75, 3.05) is 13.1 Å². The number of nitrogens with two attached hydrogens (primary N) is 1. The second-order valence-corrected chi connectivity index (χ2v) is 6.38. The van der Waals surface area contributed by atoms with Gasteiger partial charge in [-0.2, -0.15) is 0 Å². The highest BCUT2D eigenvalue weighted by molar-refractivity contribution is 5.87. The average molecular weight is 287 g/mol. The lowest BCUT2D eigenvalue weighted by Crippen LogP contribution is -2.40. The maximum atomic E-state index is 9.12. The minimum Gasteiger partial charge on any atom is -0.409 e. The van der Waals surface area contributed by atoms with Crippen LogP contribution in [-0.2, 0) is 0 Å². The van der Waals surface area contributed by atoms with Crippen LogP contribution in [0, 0.1) is 5.92 Å². The molecule has 1 aromatic carbocycles. The molecular weight excluding hydrogens is 262 g/mol. The van der Waals surface area contributed by atoms with E-state index in [1.807, 2.05) is 18.2 Å². The van der Waals surface area contributed by atoms with Gasteiger partial charge in [0.2, 0.25) is 0 Å². The topological polar surface area (TPSA) is 61.9 Å². The first-order valence-electron chi connectivity index (χ1n) is 8.06. The Morgan fingerprint density at radius 3 is 2.76 bits per heavy atom. The summed E-state index contributed by atoms with van der Waals surface area (Å²) in [4.78, 5) is 2.57. The van der Waals surface area contributed by atoms with Crippen LogP contribution in [0.25, 0.3) is 0 Å². The molecule has 1 saturated carbocycles. The van der Waals surface area contributed by atoms with Crippen molar-refractivity contribution >= 4 is 5.84 Å². The lowest BCUT2D eigenvalue weighted by molar-refractivity contribution is 0.180. The third-order valence-corrected chi connectivity index (χ3v) is 5.22. The number of oxime groups is 1. The summed E-state index contributed by atoms with van der Waals surface area (Å²) in [5.41, 5.74) is 7.10. The smallest absolute Gasteiger partial charge is 0.147 e. The van der Waals surface area contributed by atoms with Gasteiger partial charge in [-0.25, -0.2) is 0 Å². The number of likely N-dealkylation sites (tertiary alicyclic amines) is 1. The number of hydrogen-bond donors (Lipinski definition) is 2. The lowest BCUT2D eigenvalue weighted by atomic mass is 9.85. The number of nitrogens with zero attached hydrogens (tertiary/aromatic N) is 2. The van der Waals surface area contributed by atoms with Crippen molar-refractivity contribution in [3.8, 4) is 0 Å². The zero-order valence-electron chi connectivity index (χ0n) is 12.5. The van der Waals surface area contributed by atoms with Crippen LogP contribution in [0.3, 0.4) is 0 Å².